The van der Waals surface area contributed by atoms with Crippen LogP contribution in [0.25, 0.3) is 11.0 Å². The van der Waals surface area contributed by atoms with Crippen molar-refractivity contribution >= 4 is 33.3 Å². The minimum absolute atomic E-state index is 0.0672. The molecule has 8 heteroatoms. The van der Waals surface area contributed by atoms with Gasteiger partial charge in [-0.2, -0.15) is 5.26 Å². The van der Waals surface area contributed by atoms with E-state index in [-0.39, 0.29) is 5.91 Å². The number of aromatic nitrogens is 3. The van der Waals surface area contributed by atoms with Gasteiger partial charge in [0, 0.05) is 18.0 Å². The summed E-state index contributed by atoms with van der Waals surface area (Å²) < 4.78 is 2.02. The van der Waals surface area contributed by atoms with E-state index in [1.807, 2.05) is 42.8 Å². The smallest absolute Gasteiger partial charge is 0.239 e. The fourth-order valence-electron chi connectivity index (χ4n) is 3.70. The van der Waals surface area contributed by atoms with Crippen LogP contribution in [-0.2, 0) is 4.79 Å². The average Bonchev–Trinajstić information content (AvgIpc) is 3.23. The summed E-state index contributed by atoms with van der Waals surface area (Å²) in [6.07, 6.45) is 1.86. The van der Waals surface area contributed by atoms with E-state index < -0.39 is 0 Å². The normalized spacial score (nSPS) is 15.6. The minimum atomic E-state index is -0.0672. The summed E-state index contributed by atoms with van der Waals surface area (Å²) in [6.45, 7) is 5.89. The predicted molar refractivity (Wildman–Crippen MR) is 109 cm³/mol. The summed E-state index contributed by atoms with van der Waals surface area (Å²) in [7, 11) is 0. The van der Waals surface area contributed by atoms with Crippen LogP contribution in [0, 0.1) is 25.2 Å². The Labute approximate surface area is 167 Å². The molecule has 3 heterocycles. The van der Waals surface area contributed by atoms with Crippen LogP contribution in [0.3, 0.4) is 0 Å². The number of nitriles is 1. The fourth-order valence-corrected chi connectivity index (χ4v) is 4.72. The van der Waals surface area contributed by atoms with Crippen LogP contribution in [-0.4, -0.2) is 45.4 Å². The lowest BCUT2D eigenvalue weighted by molar-refractivity contribution is -0.117. The van der Waals surface area contributed by atoms with E-state index in [1.54, 1.807) is 0 Å². The zero-order valence-corrected chi connectivity index (χ0v) is 16.8. The van der Waals surface area contributed by atoms with Gasteiger partial charge in [-0.25, -0.2) is 4.68 Å². The number of likely N-dealkylation sites (tertiary alicyclic amines) is 1. The molecule has 1 amide bonds. The molecule has 0 unspecified atom stereocenters. The molecule has 1 fully saturated rings. The van der Waals surface area contributed by atoms with Crippen LogP contribution < -0.4 is 5.32 Å². The first-order valence-corrected chi connectivity index (χ1v) is 10.2. The van der Waals surface area contributed by atoms with E-state index in [9.17, 15) is 10.1 Å². The molecule has 28 heavy (non-hydrogen) atoms. The van der Waals surface area contributed by atoms with Crippen molar-refractivity contribution in [1.82, 2.24) is 19.9 Å². The summed E-state index contributed by atoms with van der Waals surface area (Å²) in [6, 6.07) is 10.5. The summed E-state index contributed by atoms with van der Waals surface area (Å²) in [4.78, 5) is 15.7. The standard InChI is InChI=1S/C20H22N6OS/c1-13-14(2)28-20(16(13)11-21)22-19(27)12-25-9-7-15(8-10-25)26-18-6-4-3-5-17(18)23-24-26/h3-6,15H,7-10,12H2,1-2H3,(H,22,27). The van der Waals surface area contributed by atoms with Crippen LogP contribution in [0.15, 0.2) is 24.3 Å². The molecule has 144 valence electrons. The first-order valence-electron chi connectivity index (χ1n) is 9.39. The topological polar surface area (TPSA) is 86.8 Å². The lowest BCUT2D eigenvalue weighted by atomic mass is 10.0. The van der Waals surface area contributed by atoms with Crippen molar-refractivity contribution in [3.63, 3.8) is 0 Å². The number of rotatable bonds is 4. The Hall–Kier alpha value is -2.76. The molecule has 0 radical (unpaired) electrons. The summed E-state index contributed by atoms with van der Waals surface area (Å²) in [5.74, 6) is -0.0672. The quantitative estimate of drug-likeness (QED) is 0.734. The van der Waals surface area contributed by atoms with Gasteiger partial charge in [-0.3, -0.25) is 9.69 Å². The summed E-state index contributed by atoms with van der Waals surface area (Å²) in [5.41, 5.74) is 3.50. The lowest BCUT2D eigenvalue weighted by Gasteiger charge is -2.31. The molecule has 0 aliphatic carbocycles. The number of nitrogens with zero attached hydrogens (tertiary/aromatic N) is 5. The van der Waals surface area contributed by atoms with Crippen molar-refractivity contribution in [2.75, 3.05) is 25.0 Å². The van der Waals surface area contributed by atoms with Crippen LogP contribution in [0.5, 0.6) is 0 Å². The fraction of sp³-hybridized carbons (Fsp3) is 0.400. The number of amides is 1. The second kappa shape index (κ2) is 7.70. The van der Waals surface area contributed by atoms with Crippen molar-refractivity contribution in [1.29, 1.82) is 5.26 Å². The van der Waals surface area contributed by atoms with Gasteiger partial charge < -0.3 is 5.32 Å². The van der Waals surface area contributed by atoms with Crippen molar-refractivity contribution in [2.24, 2.45) is 0 Å². The number of benzene rings is 1. The molecule has 4 rings (SSSR count). The largest absolute Gasteiger partial charge is 0.315 e. The van der Waals surface area contributed by atoms with Gasteiger partial charge in [0.05, 0.1) is 23.7 Å². The lowest BCUT2D eigenvalue weighted by Crippen LogP contribution is -2.39. The number of thiophene rings is 1. The SMILES string of the molecule is Cc1sc(NC(=O)CN2CCC(n3nnc4ccccc43)CC2)c(C#N)c1C. The van der Waals surface area contributed by atoms with Crippen molar-refractivity contribution < 1.29 is 4.79 Å². The molecular formula is C20H22N6OS. The van der Waals surface area contributed by atoms with Crippen molar-refractivity contribution in [3.8, 4) is 6.07 Å². The first kappa shape index (κ1) is 18.6. The van der Waals surface area contributed by atoms with Gasteiger partial charge in [0.2, 0.25) is 5.91 Å². The molecule has 7 nitrogen and oxygen atoms in total. The Bertz CT molecular complexity index is 1050. The van der Waals surface area contributed by atoms with E-state index >= 15 is 0 Å². The van der Waals surface area contributed by atoms with Gasteiger partial charge in [0.15, 0.2) is 0 Å². The average molecular weight is 395 g/mol. The third-order valence-electron chi connectivity index (χ3n) is 5.40. The van der Waals surface area contributed by atoms with Crippen LogP contribution in [0.2, 0.25) is 0 Å². The molecule has 0 spiro atoms. The Morgan fingerprint density at radius 1 is 1.32 bits per heavy atom. The number of fused-ring (bicyclic) bond motifs is 1. The summed E-state index contributed by atoms with van der Waals surface area (Å²) in [5, 5.41) is 21.5. The zero-order chi connectivity index (χ0) is 19.7. The van der Waals surface area contributed by atoms with E-state index in [0.29, 0.717) is 23.2 Å². The van der Waals surface area contributed by atoms with Crippen LogP contribution in [0.4, 0.5) is 5.00 Å². The Balaban J connectivity index is 1.35. The minimum Gasteiger partial charge on any atom is -0.315 e. The number of hydrogen-bond donors (Lipinski definition) is 1. The maximum absolute atomic E-state index is 12.5. The molecule has 3 aromatic rings. The maximum atomic E-state index is 12.5. The first-order chi connectivity index (χ1) is 13.6. The van der Waals surface area contributed by atoms with Gasteiger partial charge in [-0.15, -0.1) is 16.4 Å². The van der Waals surface area contributed by atoms with Gasteiger partial charge in [0.1, 0.15) is 16.6 Å². The number of piperidine rings is 1. The molecule has 0 saturated carbocycles. The highest BCUT2D eigenvalue weighted by Crippen LogP contribution is 2.31. The third kappa shape index (κ3) is 3.51. The Kier molecular flexibility index (Phi) is 5.11. The molecule has 1 aliphatic rings. The second-order valence-electron chi connectivity index (χ2n) is 7.18. The highest BCUT2D eigenvalue weighted by atomic mass is 32.1. The zero-order valence-electron chi connectivity index (χ0n) is 16.0. The van der Waals surface area contributed by atoms with E-state index in [2.05, 4.69) is 26.6 Å². The molecule has 1 aliphatic heterocycles. The number of carbonyl (C=O) groups is 1. The number of aryl methyl sites for hydroxylation is 1. The second-order valence-corrected chi connectivity index (χ2v) is 8.40. The molecular weight excluding hydrogens is 372 g/mol. The van der Waals surface area contributed by atoms with Gasteiger partial charge >= 0.3 is 0 Å². The van der Waals surface area contributed by atoms with E-state index in [4.69, 9.17) is 0 Å². The monoisotopic (exact) mass is 394 g/mol. The number of anilines is 1. The molecule has 1 saturated heterocycles. The van der Waals surface area contributed by atoms with Gasteiger partial charge in [0.25, 0.3) is 0 Å². The van der Waals surface area contributed by atoms with E-state index in [0.717, 1.165) is 47.4 Å². The number of para-hydroxylation sites is 1. The molecule has 1 aromatic carbocycles. The van der Waals surface area contributed by atoms with Gasteiger partial charge in [-0.1, -0.05) is 17.3 Å². The van der Waals surface area contributed by atoms with Gasteiger partial charge in [-0.05, 0) is 44.4 Å². The Morgan fingerprint density at radius 2 is 2.07 bits per heavy atom. The maximum Gasteiger partial charge on any atom is 0.239 e. The third-order valence-corrected chi connectivity index (χ3v) is 6.52. The number of nitrogens with one attached hydrogen (secondary N) is 1. The van der Waals surface area contributed by atoms with Crippen molar-refractivity contribution in [3.05, 3.63) is 40.3 Å². The summed E-state index contributed by atoms with van der Waals surface area (Å²) >= 11 is 1.46. The highest BCUT2D eigenvalue weighted by Gasteiger charge is 2.24. The van der Waals surface area contributed by atoms with Crippen molar-refractivity contribution in [2.45, 2.75) is 32.7 Å². The molecule has 2 aromatic heterocycles. The van der Waals surface area contributed by atoms with Crippen LogP contribution in [0.1, 0.15) is 34.9 Å². The highest BCUT2D eigenvalue weighted by molar-refractivity contribution is 7.16. The number of carbonyl (C=O) groups excluding carboxylic acids is 1. The predicted octanol–water partition coefficient (Wildman–Crippen LogP) is 3.26. The number of hydrogen-bond acceptors (Lipinski definition) is 6. The Morgan fingerprint density at radius 3 is 2.82 bits per heavy atom. The molecule has 0 atom stereocenters. The molecule has 0 bridgehead atoms. The molecule has 1 N–H and O–H groups in total. The van der Waals surface area contributed by atoms with Crippen LogP contribution >= 0.6 is 11.3 Å². The van der Waals surface area contributed by atoms with E-state index in [1.165, 1.54) is 11.3 Å².